The minimum absolute atomic E-state index is 0.106. The zero-order valence-electron chi connectivity index (χ0n) is 18.6. The van der Waals surface area contributed by atoms with E-state index in [2.05, 4.69) is 24.9 Å². The van der Waals surface area contributed by atoms with Gasteiger partial charge in [0.25, 0.3) is 6.10 Å². The number of nitrogens with one attached hydrogen (secondary N) is 1. The van der Waals surface area contributed by atoms with Gasteiger partial charge in [-0.3, -0.25) is 0 Å². The molecule has 1 aliphatic rings. The number of halogens is 7. The second-order valence-electron chi connectivity index (χ2n) is 8.15. The highest BCUT2D eigenvalue weighted by Crippen LogP contribution is 2.37. The number of amides is 1. The molecule has 196 valence electrons. The number of hydrogen-bond acceptors (Lipinski definition) is 5. The summed E-state index contributed by atoms with van der Waals surface area (Å²) < 4.78 is 81.9. The molecule has 1 amide bonds. The summed E-state index contributed by atoms with van der Waals surface area (Å²) in [6.45, 7) is 6.85. The number of carbonyl (C=O) groups excluding carboxylic acids is 1. The van der Waals surface area contributed by atoms with Crippen LogP contribution in [0.5, 0.6) is 0 Å². The van der Waals surface area contributed by atoms with Gasteiger partial charge in [-0.1, -0.05) is 17.7 Å². The Kier molecular flexibility index (Phi) is 7.09. The van der Waals surface area contributed by atoms with Gasteiger partial charge in [0, 0.05) is 25.3 Å². The topological polar surface area (TPSA) is 76.6 Å². The molecule has 1 aliphatic heterocycles. The minimum Gasteiger partial charge on any atom is -0.426 e. The van der Waals surface area contributed by atoms with Crippen LogP contribution >= 0.6 is 11.6 Å². The van der Waals surface area contributed by atoms with E-state index in [-0.39, 0.29) is 32.0 Å². The molecule has 2 aromatic heterocycles. The number of aromatic nitrogens is 3. The minimum atomic E-state index is -5.77. The van der Waals surface area contributed by atoms with Crippen LogP contribution in [-0.4, -0.2) is 57.1 Å². The van der Waals surface area contributed by atoms with E-state index >= 15 is 0 Å². The first-order valence-electron chi connectivity index (χ1n) is 10.7. The first kappa shape index (κ1) is 26.3. The number of piperidine rings is 1. The monoisotopic (exact) mass is 546 g/mol. The summed E-state index contributed by atoms with van der Waals surface area (Å²) in [6.07, 6.45) is -13.9. The van der Waals surface area contributed by atoms with Gasteiger partial charge < -0.3 is 19.5 Å². The third kappa shape index (κ3) is 5.66. The Hall–Kier alpha value is -3.73. The van der Waals surface area contributed by atoms with Crippen LogP contribution in [0.25, 0.3) is 15.9 Å². The fraction of sp³-hybridized carbons (Fsp3) is 0.364. The maximum absolute atomic E-state index is 12.7. The Labute approximate surface area is 210 Å². The summed E-state index contributed by atoms with van der Waals surface area (Å²) in [5.41, 5.74) is 1.42. The molecule has 1 saturated heterocycles. The molecule has 0 bridgehead atoms. The van der Waals surface area contributed by atoms with Gasteiger partial charge in [-0.15, -0.1) is 0 Å². The normalized spacial score (nSPS) is 15.2. The maximum atomic E-state index is 12.7. The average Bonchev–Trinajstić information content (AvgIpc) is 3.27. The third-order valence-electron chi connectivity index (χ3n) is 5.77. The van der Waals surface area contributed by atoms with Gasteiger partial charge in [-0.25, -0.2) is 19.6 Å². The molecule has 15 heteroatoms. The molecule has 8 nitrogen and oxygen atoms in total. The zero-order valence-corrected chi connectivity index (χ0v) is 19.4. The molecule has 0 saturated carbocycles. The molecule has 1 N–H and O–H groups in total. The second kappa shape index (κ2) is 9.97. The Balaban J connectivity index is 1.46. The predicted molar refractivity (Wildman–Crippen MR) is 121 cm³/mol. The third-order valence-corrected chi connectivity index (χ3v) is 6.09. The van der Waals surface area contributed by atoms with E-state index in [0.29, 0.717) is 33.2 Å². The number of fused-ring (bicyclic) bond motifs is 1. The van der Waals surface area contributed by atoms with Crippen molar-refractivity contribution in [3.05, 3.63) is 53.2 Å². The first-order chi connectivity index (χ1) is 17.4. The van der Waals surface area contributed by atoms with E-state index in [4.69, 9.17) is 18.2 Å². The van der Waals surface area contributed by atoms with Gasteiger partial charge in [-0.2, -0.15) is 26.3 Å². The number of likely N-dealkylation sites (tertiary alicyclic amines) is 1. The fourth-order valence-electron chi connectivity index (χ4n) is 3.99. The molecule has 3 heterocycles. The van der Waals surface area contributed by atoms with Crippen LogP contribution < -0.4 is 5.32 Å². The molecule has 0 radical (unpaired) electrons. The van der Waals surface area contributed by atoms with Crippen molar-refractivity contribution in [1.29, 1.82) is 0 Å². The molecule has 0 unspecified atom stereocenters. The highest BCUT2D eigenvalue weighted by atomic mass is 35.5. The van der Waals surface area contributed by atoms with Crippen LogP contribution in [0.2, 0.25) is 5.02 Å². The Morgan fingerprint density at radius 2 is 1.81 bits per heavy atom. The Morgan fingerprint density at radius 1 is 1.14 bits per heavy atom. The molecule has 37 heavy (non-hydrogen) atoms. The summed E-state index contributed by atoms with van der Waals surface area (Å²) in [7, 11) is 0. The first-order valence-corrected chi connectivity index (χ1v) is 11.1. The molecule has 0 atom stereocenters. The Bertz CT molecular complexity index is 1330. The van der Waals surface area contributed by atoms with Crippen LogP contribution in [0, 0.1) is 6.57 Å². The molecule has 1 fully saturated rings. The standard InChI is InChI=1S/C22H17ClF6N6O2/c1-30-12-2-3-16(15(23)10-12)33-17-14-6-9-35(18(14)32-11-31-17)13-4-7-34(8-5-13)20(36)37-19(21(24,25)26)22(27,28)29/h2-3,6,9-11,13,19H,4-5,7-8H2,(H,31,32,33). The van der Waals surface area contributed by atoms with Crippen molar-refractivity contribution in [1.82, 2.24) is 19.4 Å². The van der Waals surface area contributed by atoms with Crippen molar-refractivity contribution in [2.75, 3.05) is 18.4 Å². The van der Waals surface area contributed by atoms with E-state index in [1.807, 2.05) is 4.57 Å². The SMILES string of the molecule is [C-]#[N+]c1ccc(Nc2ncnc3c2ccn3C2CCN(C(=O)OC(C(F)(F)F)C(F)(F)F)CC2)c(Cl)c1. The smallest absolute Gasteiger partial charge is 0.426 e. The van der Waals surface area contributed by atoms with Crippen LogP contribution in [0.3, 0.4) is 0 Å². The van der Waals surface area contributed by atoms with E-state index in [0.717, 1.165) is 4.90 Å². The molecule has 4 rings (SSSR count). The number of hydrogen-bond donors (Lipinski definition) is 1. The van der Waals surface area contributed by atoms with Gasteiger partial charge in [0.15, 0.2) is 5.69 Å². The highest BCUT2D eigenvalue weighted by Gasteiger charge is 2.60. The van der Waals surface area contributed by atoms with Crippen molar-refractivity contribution in [3.8, 4) is 0 Å². The summed E-state index contributed by atoms with van der Waals surface area (Å²) in [5, 5.41) is 4.04. The van der Waals surface area contributed by atoms with E-state index in [9.17, 15) is 31.1 Å². The molecule has 0 spiro atoms. The number of alkyl halides is 6. The lowest BCUT2D eigenvalue weighted by molar-refractivity contribution is -0.308. The lowest BCUT2D eigenvalue weighted by Gasteiger charge is -2.33. The maximum Gasteiger partial charge on any atom is 0.434 e. The lowest BCUT2D eigenvalue weighted by Crippen LogP contribution is -2.49. The van der Waals surface area contributed by atoms with Crippen molar-refractivity contribution in [3.63, 3.8) is 0 Å². The number of rotatable bonds is 4. The van der Waals surface area contributed by atoms with Crippen molar-refractivity contribution >= 4 is 45.9 Å². The predicted octanol–water partition coefficient (Wildman–Crippen LogP) is 6.65. The van der Waals surface area contributed by atoms with Gasteiger partial charge >= 0.3 is 18.4 Å². The van der Waals surface area contributed by atoms with Crippen LogP contribution in [0.1, 0.15) is 18.9 Å². The van der Waals surface area contributed by atoms with Crippen LogP contribution in [-0.2, 0) is 4.74 Å². The van der Waals surface area contributed by atoms with E-state index in [1.165, 1.54) is 12.4 Å². The Morgan fingerprint density at radius 3 is 2.41 bits per heavy atom. The van der Waals surface area contributed by atoms with Gasteiger partial charge in [-0.05, 0) is 31.0 Å². The summed E-state index contributed by atoms with van der Waals surface area (Å²) in [4.78, 5) is 24.7. The average molecular weight is 547 g/mol. The molecular formula is C22H17ClF6N6O2. The van der Waals surface area contributed by atoms with Crippen LogP contribution in [0.4, 0.5) is 48.3 Å². The second-order valence-corrected chi connectivity index (χ2v) is 8.56. The molecule has 1 aromatic carbocycles. The number of benzene rings is 1. The van der Waals surface area contributed by atoms with Crippen molar-refractivity contribution < 1.29 is 35.9 Å². The highest BCUT2D eigenvalue weighted by molar-refractivity contribution is 6.33. The van der Waals surface area contributed by atoms with E-state index < -0.39 is 24.5 Å². The summed E-state index contributed by atoms with van der Waals surface area (Å²) in [5.74, 6) is 0.438. The zero-order chi connectivity index (χ0) is 27.0. The number of nitrogens with zero attached hydrogens (tertiary/aromatic N) is 5. The van der Waals surface area contributed by atoms with Crippen molar-refractivity contribution in [2.24, 2.45) is 0 Å². The van der Waals surface area contributed by atoms with Gasteiger partial charge in [0.1, 0.15) is 17.8 Å². The number of anilines is 2. The summed E-state index contributed by atoms with van der Waals surface area (Å²) in [6, 6.07) is 6.25. The van der Waals surface area contributed by atoms with Crippen molar-refractivity contribution in [2.45, 2.75) is 37.3 Å². The van der Waals surface area contributed by atoms with Gasteiger partial charge in [0.2, 0.25) is 0 Å². The number of carbonyl (C=O) groups is 1. The molecule has 3 aromatic rings. The molecular weight excluding hydrogens is 530 g/mol. The van der Waals surface area contributed by atoms with E-state index in [1.54, 1.807) is 24.4 Å². The molecule has 0 aliphatic carbocycles. The quantitative estimate of drug-likeness (QED) is 0.293. The lowest BCUT2D eigenvalue weighted by atomic mass is 10.1. The largest absolute Gasteiger partial charge is 0.434 e. The fourth-order valence-corrected chi connectivity index (χ4v) is 4.21. The summed E-state index contributed by atoms with van der Waals surface area (Å²) >= 11 is 6.24. The van der Waals surface area contributed by atoms with Gasteiger partial charge in [0.05, 0.1) is 22.7 Å². The number of ether oxygens (including phenoxy) is 1. The van der Waals surface area contributed by atoms with Crippen LogP contribution in [0.15, 0.2) is 36.8 Å².